The molecule has 110 valence electrons. The van der Waals surface area contributed by atoms with E-state index < -0.39 is 0 Å². The van der Waals surface area contributed by atoms with Crippen LogP contribution in [0.1, 0.15) is 17.0 Å². The van der Waals surface area contributed by atoms with E-state index in [1.54, 1.807) is 0 Å². The van der Waals surface area contributed by atoms with Crippen LogP contribution < -0.4 is 10.5 Å². The Hall–Kier alpha value is -0.970. The topological polar surface area (TPSA) is 35.2 Å². The maximum atomic E-state index is 6.15. The quantitative estimate of drug-likeness (QED) is 0.863. The van der Waals surface area contributed by atoms with Crippen molar-refractivity contribution in [3.05, 3.63) is 58.1 Å². The third-order valence-electron chi connectivity index (χ3n) is 3.69. The molecule has 0 aliphatic carbocycles. The molecule has 2 aromatic carbocycles. The summed E-state index contributed by atoms with van der Waals surface area (Å²) in [6.45, 7) is 1.35. The number of nitrogens with two attached hydrogens (primary N) is 1. The van der Waals surface area contributed by atoms with Crippen LogP contribution in [0.2, 0.25) is 0 Å². The minimum atomic E-state index is 0.462. The first-order valence-corrected chi connectivity index (χ1v) is 8.89. The molecule has 0 radical (unpaired) electrons. The third-order valence-corrected chi connectivity index (χ3v) is 5.57. The summed E-state index contributed by atoms with van der Waals surface area (Å²) < 4.78 is 7.15. The molecule has 1 heterocycles. The highest BCUT2D eigenvalue weighted by atomic mass is 79.9. The lowest BCUT2D eigenvalue weighted by molar-refractivity contribution is 0.293. The van der Waals surface area contributed by atoms with E-state index in [0.29, 0.717) is 19.1 Å². The van der Waals surface area contributed by atoms with Gasteiger partial charge in [0.05, 0.1) is 11.1 Å². The highest BCUT2D eigenvalue weighted by molar-refractivity contribution is 9.10. The van der Waals surface area contributed by atoms with E-state index in [4.69, 9.17) is 10.5 Å². The Morgan fingerprint density at radius 1 is 1.19 bits per heavy atom. The first-order valence-electron chi connectivity index (χ1n) is 7.11. The van der Waals surface area contributed by atoms with Crippen LogP contribution >= 0.6 is 27.7 Å². The Morgan fingerprint density at radius 2 is 2.05 bits per heavy atom. The van der Waals surface area contributed by atoms with Gasteiger partial charge in [0, 0.05) is 16.6 Å². The maximum absolute atomic E-state index is 6.15. The monoisotopic (exact) mass is 363 g/mol. The van der Waals surface area contributed by atoms with Crippen molar-refractivity contribution in [2.24, 2.45) is 5.73 Å². The second kappa shape index (κ2) is 6.86. The van der Waals surface area contributed by atoms with Crippen LogP contribution in [0.3, 0.4) is 0 Å². The van der Waals surface area contributed by atoms with Crippen LogP contribution in [-0.2, 0) is 6.42 Å². The molecule has 1 aliphatic rings. The van der Waals surface area contributed by atoms with Gasteiger partial charge in [0.25, 0.3) is 0 Å². The summed E-state index contributed by atoms with van der Waals surface area (Å²) in [6.07, 6.45) is 0.838. The van der Waals surface area contributed by atoms with Crippen molar-refractivity contribution in [3.63, 3.8) is 0 Å². The van der Waals surface area contributed by atoms with Crippen LogP contribution in [0.25, 0.3) is 0 Å². The second-order valence-corrected chi connectivity index (χ2v) is 7.04. The molecule has 0 spiro atoms. The van der Waals surface area contributed by atoms with E-state index in [-0.39, 0.29) is 0 Å². The fraction of sp³-hybridized carbons (Fsp3) is 0.294. The molecule has 0 amide bonds. The smallest absolute Gasteiger partial charge is 0.136 e. The van der Waals surface area contributed by atoms with E-state index in [1.807, 2.05) is 23.9 Å². The standard InChI is InChI=1S/C17H18BrNOS/c18-15-6-3-4-12(8-9-19)17(15)20-10-13-11-21-16-7-2-1-5-14(13)16/h1-7,13H,8-11,19H2. The normalized spacial score (nSPS) is 16.8. The van der Waals surface area contributed by atoms with Gasteiger partial charge < -0.3 is 10.5 Å². The third kappa shape index (κ3) is 3.28. The van der Waals surface area contributed by atoms with Gasteiger partial charge in [-0.1, -0.05) is 30.3 Å². The number of thioether (sulfide) groups is 1. The zero-order chi connectivity index (χ0) is 14.7. The average molecular weight is 364 g/mol. The van der Waals surface area contributed by atoms with Crippen LogP contribution in [0.5, 0.6) is 5.75 Å². The zero-order valence-corrected chi connectivity index (χ0v) is 14.1. The van der Waals surface area contributed by atoms with E-state index >= 15 is 0 Å². The molecule has 0 aromatic heterocycles. The van der Waals surface area contributed by atoms with Crippen molar-refractivity contribution < 1.29 is 4.74 Å². The van der Waals surface area contributed by atoms with E-state index in [0.717, 1.165) is 22.4 Å². The van der Waals surface area contributed by atoms with Crippen molar-refractivity contribution in [2.45, 2.75) is 17.2 Å². The Morgan fingerprint density at radius 3 is 2.90 bits per heavy atom. The van der Waals surface area contributed by atoms with Gasteiger partial charge >= 0.3 is 0 Å². The molecule has 21 heavy (non-hydrogen) atoms. The lowest BCUT2D eigenvalue weighted by atomic mass is 10.0. The summed E-state index contributed by atoms with van der Waals surface area (Å²) in [5.74, 6) is 2.50. The van der Waals surface area contributed by atoms with Gasteiger partial charge in [-0.3, -0.25) is 0 Å². The largest absolute Gasteiger partial charge is 0.491 e. The molecule has 3 rings (SSSR count). The molecule has 2 nitrogen and oxygen atoms in total. The SMILES string of the molecule is NCCc1cccc(Br)c1OCC1CSc2ccccc21. The van der Waals surface area contributed by atoms with Crippen LogP contribution in [-0.4, -0.2) is 18.9 Å². The summed E-state index contributed by atoms with van der Waals surface area (Å²) in [5, 5.41) is 0. The van der Waals surface area contributed by atoms with Crippen molar-refractivity contribution in [1.82, 2.24) is 0 Å². The Labute approximate surface area is 138 Å². The highest BCUT2D eigenvalue weighted by Gasteiger charge is 2.23. The average Bonchev–Trinajstić information content (AvgIpc) is 2.90. The summed E-state index contributed by atoms with van der Waals surface area (Å²) in [6, 6.07) is 14.8. The summed E-state index contributed by atoms with van der Waals surface area (Å²) in [5.41, 5.74) is 8.27. The molecule has 1 aliphatic heterocycles. The minimum absolute atomic E-state index is 0.462. The molecule has 1 atom stereocenters. The number of benzene rings is 2. The number of ether oxygens (including phenoxy) is 1. The molecule has 4 heteroatoms. The van der Waals surface area contributed by atoms with Crippen molar-refractivity contribution in [2.75, 3.05) is 18.9 Å². The second-order valence-electron chi connectivity index (χ2n) is 5.12. The van der Waals surface area contributed by atoms with Gasteiger partial charge in [0.1, 0.15) is 5.75 Å². The maximum Gasteiger partial charge on any atom is 0.136 e. The lowest BCUT2D eigenvalue weighted by Crippen LogP contribution is -2.12. The number of para-hydroxylation sites is 1. The zero-order valence-electron chi connectivity index (χ0n) is 11.7. The number of fused-ring (bicyclic) bond motifs is 1. The summed E-state index contributed by atoms with van der Waals surface area (Å²) in [7, 11) is 0. The van der Waals surface area contributed by atoms with Gasteiger partial charge in [-0.2, -0.15) is 0 Å². The van der Waals surface area contributed by atoms with Gasteiger partial charge in [0.15, 0.2) is 0 Å². The van der Waals surface area contributed by atoms with Crippen LogP contribution in [0.4, 0.5) is 0 Å². The van der Waals surface area contributed by atoms with Crippen molar-refractivity contribution >= 4 is 27.7 Å². The molecule has 0 bridgehead atoms. The number of hydrogen-bond acceptors (Lipinski definition) is 3. The Bertz CT molecular complexity index is 632. The van der Waals surface area contributed by atoms with Gasteiger partial charge in [0.2, 0.25) is 0 Å². The Balaban J connectivity index is 1.74. The van der Waals surface area contributed by atoms with E-state index in [2.05, 4.69) is 46.3 Å². The first-order chi connectivity index (χ1) is 10.3. The van der Waals surface area contributed by atoms with Gasteiger partial charge in [-0.05, 0) is 52.2 Å². The van der Waals surface area contributed by atoms with E-state index in [1.165, 1.54) is 16.0 Å². The molecule has 2 aromatic rings. The van der Waals surface area contributed by atoms with Crippen molar-refractivity contribution in [3.8, 4) is 5.75 Å². The van der Waals surface area contributed by atoms with Gasteiger partial charge in [-0.25, -0.2) is 0 Å². The predicted molar refractivity (Wildman–Crippen MR) is 92.3 cm³/mol. The van der Waals surface area contributed by atoms with E-state index in [9.17, 15) is 0 Å². The molecule has 2 N–H and O–H groups in total. The number of hydrogen-bond donors (Lipinski definition) is 1. The first kappa shape index (κ1) is 14.9. The van der Waals surface area contributed by atoms with Gasteiger partial charge in [-0.15, -0.1) is 11.8 Å². The summed E-state index contributed by atoms with van der Waals surface area (Å²) in [4.78, 5) is 1.39. The van der Waals surface area contributed by atoms with Crippen molar-refractivity contribution in [1.29, 1.82) is 0 Å². The molecule has 0 saturated heterocycles. The summed E-state index contributed by atoms with van der Waals surface area (Å²) >= 11 is 5.51. The molecule has 1 unspecified atom stereocenters. The highest BCUT2D eigenvalue weighted by Crippen LogP contribution is 2.40. The molecule has 0 fully saturated rings. The minimum Gasteiger partial charge on any atom is -0.491 e. The molecule has 0 saturated carbocycles. The number of halogens is 1. The Kier molecular flexibility index (Phi) is 4.88. The van der Waals surface area contributed by atoms with Crippen LogP contribution in [0.15, 0.2) is 51.8 Å². The fourth-order valence-corrected chi connectivity index (χ4v) is 4.37. The fourth-order valence-electron chi connectivity index (χ4n) is 2.62. The molecular formula is C17H18BrNOS. The lowest BCUT2D eigenvalue weighted by Gasteiger charge is -2.16. The number of rotatable bonds is 5. The molecular weight excluding hydrogens is 346 g/mol. The van der Waals surface area contributed by atoms with Crippen LogP contribution in [0, 0.1) is 0 Å². The predicted octanol–water partition coefficient (Wildman–Crippen LogP) is 4.22.